The molecule has 0 aliphatic rings. The minimum absolute atomic E-state index is 0.483. The maximum absolute atomic E-state index is 4.34. The first-order chi connectivity index (χ1) is 9.49. The molecule has 0 saturated heterocycles. The summed E-state index contributed by atoms with van der Waals surface area (Å²) < 4.78 is 1.76. The van der Waals surface area contributed by atoms with Crippen LogP contribution in [0.1, 0.15) is 20.3 Å². The number of aromatic nitrogens is 4. The lowest BCUT2D eigenvalue weighted by molar-refractivity contribution is 0.266. The lowest BCUT2D eigenvalue weighted by Crippen LogP contribution is -2.35. The van der Waals surface area contributed by atoms with E-state index in [0.717, 1.165) is 29.8 Å². The molecule has 0 aromatic carbocycles. The van der Waals surface area contributed by atoms with Crippen LogP contribution in [-0.4, -0.2) is 51.3 Å². The first-order valence-electron chi connectivity index (χ1n) is 7.02. The Labute approximate surface area is 120 Å². The van der Waals surface area contributed by atoms with Gasteiger partial charge in [0.2, 0.25) is 0 Å². The highest BCUT2D eigenvalue weighted by Crippen LogP contribution is 2.18. The Balaban J connectivity index is 2.11. The topological polar surface area (TPSA) is 58.9 Å². The molecule has 0 radical (unpaired) electrons. The van der Waals surface area contributed by atoms with Crippen LogP contribution in [0.4, 0.5) is 5.82 Å². The van der Waals surface area contributed by atoms with Gasteiger partial charge in [-0.3, -0.25) is 4.68 Å². The minimum Gasteiger partial charge on any atom is -0.368 e. The van der Waals surface area contributed by atoms with Crippen molar-refractivity contribution in [1.29, 1.82) is 0 Å². The molecule has 0 aliphatic carbocycles. The maximum atomic E-state index is 4.34. The van der Waals surface area contributed by atoms with Crippen molar-refractivity contribution in [2.75, 3.05) is 26.0 Å². The molecular formula is C14H24N6. The fraction of sp³-hybridized carbons (Fsp3) is 0.643. The van der Waals surface area contributed by atoms with Gasteiger partial charge in [-0.25, -0.2) is 9.97 Å². The summed E-state index contributed by atoms with van der Waals surface area (Å²) in [6.45, 7) is 5.37. The number of anilines is 1. The van der Waals surface area contributed by atoms with E-state index in [0.29, 0.717) is 12.0 Å². The number of likely N-dealkylation sites (N-methyl/N-ethyl adjacent to an activating group) is 1. The van der Waals surface area contributed by atoms with Crippen LogP contribution in [0, 0.1) is 5.92 Å². The Morgan fingerprint density at radius 3 is 2.70 bits per heavy atom. The van der Waals surface area contributed by atoms with Gasteiger partial charge in [-0.1, -0.05) is 13.8 Å². The second-order valence-electron chi connectivity index (χ2n) is 5.86. The zero-order valence-electron chi connectivity index (χ0n) is 13.0. The normalized spacial score (nSPS) is 13.3. The summed E-state index contributed by atoms with van der Waals surface area (Å²) in [5.74, 6) is 1.53. The molecule has 2 rings (SSSR count). The van der Waals surface area contributed by atoms with Crippen LogP contribution in [0.15, 0.2) is 12.5 Å². The molecule has 0 fully saturated rings. The van der Waals surface area contributed by atoms with Crippen molar-refractivity contribution in [2.45, 2.75) is 26.3 Å². The minimum atomic E-state index is 0.483. The van der Waals surface area contributed by atoms with Gasteiger partial charge in [0.25, 0.3) is 0 Å². The van der Waals surface area contributed by atoms with E-state index < -0.39 is 0 Å². The molecule has 2 aromatic heterocycles. The lowest BCUT2D eigenvalue weighted by Gasteiger charge is -2.26. The summed E-state index contributed by atoms with van der Waals surface area (Å²) in [4.78, 5) is 10.8. The van der Waals surface area contributed by atoms with Gasteiger partial charge in [0, 0.05) is 19.6 Å². The Hall–Kier alpha value is -1.69. The van der Waals surface area contributed by atoms with E-state index in [9.17, 15) is 0 Å². The van der Waals surface area contributed by atoms with Crippen molar-refractivity contribution < 1.29 is 0 Å². The quantitative estimate of drug-likeness (QED) is 0.871. The van der Waals surface area contributed by atoms with Gasteiger partial charge < -0.3 is 10.2 Å². The predicted octanol–water partition coefficient (Wildman–Crippen LogP) is 1.75. The standard InChI is InChI=1S/C14H24N6/c1-10(2)6-11(19(3)4)7-15-13-12-8-18-20(5)14(12)17-9-16-13/h8-11H,6-7H2,1-5H3,(H,15,16,17)/t11-/m1/s1. The molecule has 0 aliphatic heterocycles. The molecule has 0 unspecified atom stereocenters. The molecule has 1 atom stereocenters. The second-order valence-corrected chi connectivity index (χ2v) is 5.86. The van der Waals surface area contributed by atoms with Gasteiger partial charge in [0.15, 0.2) is 5.65 Å². The van der Waals surface area contributed by atoms with Crippen molar-refractivity contribution in [3.8, 4) is 0 Å². The summed E-state index contributed by atoms with van der Waals surface area (Å²) in [5.41, 5.74) is 0.854. The number of nitrogens with one attached hydrogen (secondary N) is 1. The summed E-state index contributed by atoms with van der Waals surface area (Å²) in [7, 11) is 6.13. The summed E-state index contributed by atoms with van der Waals surface area (Å²) >= 11 is 0. The van der Waals surface area contributed by atoms with Gasteiger partial charge in [-0.2, -0.15) is 5.10 Å². The Morgan fingerprint density at radius 2 is 2.05 bits per heavy atom. The average molecular weight is 276 g/mol. The van der Waals surface area contributed by atoms with E-state index >= 15 is 0 Å². The monoisotopic (exact) mass is 276 g/mol. The van der Waals surface area contributed by atoms with Crippen molar-refractivity contribution in [3.05, 3.63) is 12.5 Å². The largest absolute Gasteiger partial charge is 0.368 e. The molecule has 6 nitrogen and oxygen atoms in total. The van der Waals surface area contributed by atoms with Crippen LogP contribution in [0.25, 0.3) is 11.0 Å². The third kappa shape index (κ3) is 3.25. The number of fused-ring (bicyclic) bond motifs is 1. The van der Waals surface area contributed by atoms with Crippen LogP contribution < -0.4 is 5.32 Å². The number of nitrogens with zero attached hydrogens (tertiary/aromatic N) is 5. The maximum Gasteiger partial charge on any atom is 0.163 e. The first kappa shape index (κ1) is 14.7. The highest BCUT2D eigenvalue weighted by atomic mass is 15.3. The molecule has 0 amide bonds. The van der Waals surface area contributed by atoms with Gasteiger partial charge in [-0.05, 0) is 26.4 Å². The van der Waals surface area contributed by atoms with Crippen LogP contribution in [0.3, 0.4) is 0 Å². The smallest absolute Gasteiger partial charge is 0.163 e. The van der Waals surface area contributed by atoms with Crippen molar-refractivity contribution in [1.82, 2.24) is 24.6 Å². The molecule has 1 N–H and O–H groups in total. The van der Waals surface area contributed by atoms with Gasteiger partial charge >= 0.3 is 0 Å². The summed E-state index contributed by atoms with van der Waals surface area (Å²) in [6.07, 6.45) is 4.55. The van der Waals surface area contributed by atoms with E-state index in [1.807, 2.05) is 13.2 Å². The molecule has 110 valence electrons. The number of hydrogen-bond donors (Lipinski definition) is 1. The third-order valence-electron chi connectivity index (χ3n) is 3.51. The molecule has 2 aromatic rings. The molecule has 0 bridgehead atoms. The van der Waals surface area contributed by atoms with Crippen molar-refractivity contribution in [2.24, 2.45) is 13.0 Å². The molecule has 0 saturated carbocycles. The second kappa shape index (κ2) is 6.17. The number of aryl methyl sites for hydroxylation is 1. The van der Waals surface area contributed by atoms with Crippen LogP contribution >= 0.6 is 0 Å². The van der Waals surface area contributed by atoms with E-state index in [1.165, 1.54) is 0 Å². The van der Waals surface area contributed by atoms with E-state index in [1.54, 1.807) is 11.0 Å². The van der Waals surface area contributed by atoms with Gasteiger partial charge in [0.1, 0.15) is 12.1 Å². The van der Waals surface area contributed by atoms with Crippen LogP contribution in [0.5, 0.6) is 0 Å². The van der Waals surface area contributed by atoms with E-state index in [4.69, 9.17) is 0 Å². The summed E-state index contributed by atoms with van der Waals surface area (Å²) in [6, 6.07) is 0.483. The zero-order valence-corrected chi connectivity index (χ0v) is 13.0. The fourth-order valence-electron chi connectivity index (χ4n) is 2.34. The zero-order chi connectivity index (χ0) is 14.7. The fourth-order valence-corrected chi connectivity index (χ4v) is 2.34. The van der Waals surface area contributed by atoms with Crippen molar-refractivity contribution >= 4 is 16.9 Å². The van der Waals surface area contributed by atoms with E-state index in [-0.39, 0.29) is 0 Å². The molecule has 0 spiro atoms. The number of hydrogen-bond acceptors (Lipinski definition) is 5. The van der Waals surface area contributed by atoms with Gasteiger partial charge in [-0.15, -0.1) is 0 Å². The van der Waals surface area contributed by atoms with Crippen molar-refractivity contribution in [3.63, 3.8) is 0 Å². The van der Waals surface area contributed by atoms with Crippen LogP contribution in [-0.2, 0) is 7.05 Å². The highest BCUT2D eigenvalue weighted by molar-refractivity contribution is 5.85. The Bertz CT molecular complexity index is 560. The third-order valence-corrected chi connectivity index (χ3v) is 3.51. The predicted molar refractivity (Wildman–Crippen MR) is 81.7 cm³/mol. The molecule has 6 heteroatoms. The summed E-state index contributed by atoms with van der Waals surface area (Å²) in [5, 5.41) is 8.64. The van der Waals surface area contributed by atoms with Gasteiger partial charge in [0.05, 0.1) is 11.6 Å². The lowest BCUT2D eigenvalue weighted by atomic mass is 10.0. The Morgan fingerprint density at radius 1 is 1.30 bits per heavy atom. The Kier molecular flexibility index (Phi) is 4.54. The SMILES string of the molecule is CC(C)C[C@H](CNc1ncnc2c1cnn2C)N(C)C. The molecule has 2 heterocycles. The van der Waals surface area contributed by atoms with E-state index in [2.05, 4.69) is 53.2 Å². The highest BCUT2D eigenvalue weighted by Gasteiger charge is 2.14. The average Bonchev–Trinajstić information content (AvgIpc) is 2.76. The molecule has 20 heavy (non-hydrogen) atoms. The molecular weight excluding hydrogens is 252 g/mol. The van der Waals surface area contributed by atoms with Crippen LogP contribution in [0.2, 0.25) is 0 Å². The first-order valence-corrected chi connectivity index (χ1v) is 7.02. The number of rotatable bonds is 6.